The maximum absolute atomic E-state index is 11.9. The lowest BCUT2D eigenvalue weighted by molar-refractivity contribution is -0.114. The predicted molar refractivity (Wildman–Crippen MR) is 77.7 cm³/mol. The second kappa shape index (κ2) is 6.27. The van der Waals surface area contributed by atoms with E-state index in [1.54, 1.807) is 18.2 Å². The van der Waals surface area contributed by atoms with Crippen molar-refractivity contribution in [1.82, 2.24) is 0 Å². The molecule has 7 heteroatoms. The summed E-state index contributed by atoms with van der Waals surface area (Å²) in [6.07, 6.45) is 3.36. The molecule has 118 valence electrons. The second-order valence-corrected chi connectivity index (χ2v) is 4.70. The Kier molecular flexibility index (Phi) is 4.01. The predicted octanol–water partition coefficient (Wildman–Crippen LogP) is 1.78. The zero-order valence-corrected chi connectivity index (χ0v) is 11.9. The van der Waals surface area contributed by atoms with Crippen LogP contribution in [-0.2, 0) is 11.2 Å². The molecule has 1 N–H and O–H groups in total. The number of hydrogen-bond donors (Lipinski definition) is 1. The highest BCUT2D eigenvalue weighted by Crippen LogP contribution is 2.32. The van der Waals surface area contributed by atoms with Gasteiger partial charge in [0.25, 0.3) is 5.95 Å². The van der Waals surface area contributed by atoms with Gasteiger partial charge >= 0.3 is 0 Å². The normalized spacial score (nSPS) is 12.5. The van der Waals surface area contributed by atoms with Gasteiger partial charge in [0, 0.05) is 12.5 Å². The minimum atomic E-state index is -0.633. The fraction of sp³-hybridized carbons (Fsp3) is 0.125. The van der Waals surface area contributed by atoms with Crippen molar-refractivity contribution in [2.24, 2.45) is 0 Å². The summed E-state index contributed by atoms with van der Waals surface area (Å²) in [5.41, 5.74) is 0.145. The van der Waals surface area contributed by atoms with E-state index in [0.717, 1.165) is 24.2 Å². The van der Waals surface area contributed by atoms with Gasteiger partial charge in [0.1, 0.15) is 6.26 Å². The number of carbonyl (C=O) groups excluding carboxylic acids is 1. The molecule has 1 aromatic heterocycles. The molecule has 7 nitrogen and oxygen atoms in total. The van der Waals surface area contributed by atoms with Gasteiger partial charge in [0.05, 0.1) is 12.3 Å². The number of ketones is 1. The Bertz CT molecular complexity index is 819. The summed E-state index contributed by atoms with van der Waals surface area (Å²) in [6, 6.07) is 6.24. The van der Waals surface area contributed by atoms with Crippen LogP contribution in [0.5, 0.6) is 23.2 Å². The fourth-order valence-corrected chi connectivity index (χ4v) is 1.94. The highest BCUT2D eigenvalue weighted by molar-refractivity contribution is 5.91. The summed E-state index contributed by atoms with van der Waals surface area (Å²) in [5, 5.41) is 9.04. The van der Waals surface area contributed by atoms with Gasteiger partial charge in [-0.25, -0.2) is 0 Å². The first-order valence-corrected chi connectivity index (χ1v) is 6.68. The van der Waals surface area contributed by atoms with Crippen LogP contribution >= 0.6 is 0 Å². The number of aromatic hydroxyl groups is 1. The molecule has 0 fully saturated rings. The number of ether oxygens (including phenoxy) is 3. The number of rotatable bonds is 5. The molecule has 0 saturated carbocycles. The Morgan fingerprint density at radius 1 is 1.26 bits per heavy atom. The van der Waals surface area contributed by atoms with Crippen molar-refractivity contribution in [3.8, 4) is 23.2 Å². The summed E-state index contributed by atoms with van der Waals surface area (Å²) in [5.74, 6) is 0.425. The molecule has 0 saturated heterocycles. The van der Waals surface area contributed by atoms with E-state index in [9.17, 15) is 9.59 Å². The molecule has 23 heavy (non-hydrogen) atoms. The van der Waals surface area contributed by atoms with Gasteiger partial charge in [-0.05, 0) is 17.7 Å². The number of hydrogen-bond acceptors (Lipinski definition) is 7. The van der Waals surface area contributed by atoms with Crippen LogP contribution in [0.2, 0.25) is 0 Å². The van der Waals surface area contributed by atoms with Gasteiger partial charge in [0.2, 0.25) is 12.2 Å². The Hall–Kier alpha value is -3.22. The number of allylic oxidation sites excluding steroid dienone is 1. The summed E-state index contributed by atoms with van der Waals surface area (Å²) < 4.78 is 20.3. The van der Waals surface area contributed by atoms with E-state index in [1.807, 2.05) is 0 Å². The van der Waals surface area contributed by atoms with E-state index >= 15 is 0 Å². The van der Waals surface area contributed by atoms with Crippen molar-refractivity contribution < 1.29 is 28.5 Å². The van der Waals surface area contributed by atoms with E-state index in [2.05, 4.69) is 0 Å². The third kappa shape index (κ3) is 3.52. The largest absolute Gasteiger partial charge is 0.502 e. The first-order chi connectivity index (χ1) is 11.1. The summed E-state index contributed by atoms with van der Waals surface area (Å²) in [6.45, 7) is 0.179. The molecule has 0 atom stereocenters. The van der Waals surface area contributed by atoms with Gasteiger partial charge in [-0.15, -0.1) is 0 Å². The third-order valence-electron chi connectivity index (χ3n) is 3.04. The number of carbonyl (C=O) groups is 1. The van der Waals surface area contributed by atoms with Crippen LogP contribution in [-0.4, -0.2) is 17.7 Å². The van der Waals surface area contributed by atoms with Crippen molar-refractivity contribution in [2.45, 2.75) is 6.42 Å². The zero-order chi connectivity index (χ0) is 16.2. The van der Waals surface area contributed by atoms with Crippen LogP contribution < -0.4 is 19.6 Å². The summed E-state index contributed by atoms with van der Waals surface area (Å²) in [4.78, 5) is 23.0. The van der Waals surface area contributed by atoms with Gasteiger partial charge < -0.3 is 23.7 Å². The van der Waals surface area contributed by atoms with Crippen molar-refractivity contribution in [2.75, 3.05) is 6.79 Å². The Labute approximate surface area is 130 Å². The molecule has 0 aliphatic carbocycles. The fourth-order valence-electron chi connectivity index (χ4n) is 1.94. The van der Waals surface area contributed by atoms with Crippen LogP contribution in [0.3, 0.4) is 0 Å². The SMILES string of the molecule is O=C(/C=C/Oc1cc(=O)c(O)co1)Cc1ccc2c(c1)OCO2. The smallest absolute Gasteiger partial charge is 0.293 e. The average molecular weight is 316 g/mol. The molecular weight excluding hydrogens is 304 g/mol. The maximum Gasteiger partial charge on any atom is 0.293 e. The molecule has 1 aromatic carbocycles. The van der Waals surface area contributed by atoms with Crippen molar-refractivity contribution >= 4 is 5.78 Å². The minimum Gasteiger partial charge on any atom is -0.502 e. The molecule has 0 spiro atoms. The third-order valence-corrected chi connectivity index (χ3v) is 3.04. The van der Waals surface area contributed by atoms with Gasteiger partial charge in [0.15, 0.2) is 23.0 Å². The van der Waals surface area contributed by atoms with Crippen molar-refractivity contribution in [3.05, 3.63) is 58.7 Å². The van der Waals surface area contributed by atoms with E-state index in [1.165, 1.54) is 6.08 Å². The first-order valence-electron chi connectivity index (χ1n) is 6.68. The number of benzene rings is 1. The Morgan fingerprint density at radius 2 is 2.09 bits per heavy atom. The molecule has 0 bridgehead atoms. The molecule has 0 radical (unpaired) electrons. The highest BCUT2D eigenvalue weighted by atomic mass is 16.7. The lowest BCUT2D eigenvalue weighted by atomic mass is 10.1. The summed E-state index contributed by atoms with van der Waals surface area (Å²) in [7, 11) is 0. The molecule has 0 amide bonds. The van der Waals surface area contributed by atoms with Gasteiger partial charge in [-0.1, -0.05) is 6.07 Å². The van der Waals surface area contributed by atoms with Crippen LogP contribution in [0.4, 0.5) is 0 Å². The topological polar surface area (TPSA) is 95.2 Å². The highest BCUT2D eigenvalue weighted by Gasteiger charge is 2.13. The van der Waals surface area contributed by atoms with Crippen LogP contribution in [0.25, 0.3) is 0 Å². The molecular formula is C16H12O7. The Morgan fingerprint density at radius 3 is 2.91 bits per heavy atom. The van der Waals surface area contributed by atoms with Gasteiger partial charge in [-0.3, -0.25) is 9.59 Å². The van der Waals surface area contributed by atoms with E-state index in [4.69, 9.17) is 23.7 Å². The summed E-state index contributed by atoms with van der Waals surface area (Å²) >= 11 is 0. The molecule has 1 aliphatic rings. The van der Waals surface area contributed by atoms with E-state index in [0.29, 0.717) is 11.5 Å². The van der Waals surface area contributed by atoms with E-state index in [-0.39, 0.29) is 24.9 Å². The number of fused-ring (bicyclic) bond motifs is 1. The monoisotopic (exact) mass is 316 g/mol. The standard InChI is InChI=1S/C16H12O7/c17-11(3-4-20-16-7-12(18)13(19)8-21-16)5-10-1-2-14-15(6-10)23-9-22-14/h1-4,6-8,19H,5,9H2/b4-3+. The van der Waals surface area contributed by atoms with Crippen molar-refractivity contribution in [1.29, 1.82) is 0 Å². The average Bonchev–Trinajstić information content (AvgIpc) is 2.98. The maximum atomic E-state index is 11.9. The minimum absolute atomic E-state index is 0.125. The molecule has 2 heterocycles. The molecule has 1 aliphatic heterocycles. The first kappa shape index (κ1) is 14.7. The lowest BCUT2D eigenvalue weighted by Gasteiger charge is -2.01. The molecule has 3 rings (SSSR count). The molecule has 2 aromatic rings. The second-order valence-electron chi connectivity index (χ2n) is 4.70. The van der Waals surface area contributed by atoms with Crippen LogP contribution in [0.1, 0.15) is 5.56 Å². The zero-order valence-electron chi connectivity index (χ0n) is 11.9. The Balaban J connectivity index is 1.58. The molecule has 0 unspecified atom stereocenters. The van der Waals surface area contributed by atoms with Crippen LogP contribution in [0, 0.1) is 0 Å². The van der Waals surface area contributed by atoms with Gasteiger partial charge in [-0.2, -0.15) is 0 Å². The lowest BCUT2D eigenvalue weighted by Crippen LogP contribution is -2.00. The van der Waals surface area contributed by atoms with Crippen LogP contribution in [0.15, 0.2) is 52.1 Å². The van der Waals surface area contributed by atoms with E-state index < -0.39 is 11.2 Å². The quantitative estimate of drug-likeness (QED) is 0.663. The van der Waals surface area contributed by atoms with Crippen molar-refractivity contribution in [3.63, 3.8) is 0 Å².